The van der Waals surface area contributed by atoms with Crippen molar-refractivity contribution in [2.45, 2.75) is 33.1 Å². The van der Waals surface area contributed by atoms with E-state index < -0.39 is 5.91 Å². The van der Waals surface area contributed by atoms with E-state index >= 15 is 0 Å². The minimum atomic E-state index is -0.407. The Bertz CT molecular complexity index is 780. The third-order valence-corrected chi connectivity index (χ3v) is 3.75. The summed E-state index contributed by atoms with van der Waals surface area (Å²) in [6.07, 6.45) is -0.277. The zero-order chi connectivity index (χ0) is 18.4. The van der Waals surface area contributed by atoms with Crippen molar-refractivity contribution in [3.8, 4) is 0 Å². The number of Topliss-reactive ketones (excluding diaryl/α,β-unsaturated/α-hetero) is 1. The molecule has 0 fully saturated rings. The summed E-state index contributed by atoms with van der Waals surface area (Å²) in [7, 11) is 0. The average Bonchev–Trinajstić information content (AvgIpc) is 2.55. The zero-order valence-corrected chi connectivity index (χ0v) is 14.6. The van der Waals surface area contributed by atoms with E-state index in [2.05, 4.69) is 10.6 Å². The van der Waals surface area contributed by atoms with Gasteiger partial charge in [-0.1, -0.05) is 32.0 Å². The highest BCUT2D eigenvalue weighted by atomic mass is 16.2. The lowest BCUT2D eigenvalue weighted by molar-refractivity contribution is -0.123. The minimum absolute atomic E-state index is 0.0407. The van der Waals surface area contributed by atoms with E-state index in [-0.39, 0.29) is 24.0 Å². The quantitative estimate of drug-likeness (QED) is 0.618. The lowest BCUT2D eigenvalue weighted by atomic mass is 10.0. The Kier molecular flexibility index (Phi) is 6.06. The van der Waals surface area contributed by atoms with Gasteiger partial charge in [-0.3, -0.25) is 14.4 Å². The van der Waals surface area contributed by atoms with Crippen LogP contribution in [0.2, 0.25) is 0 Å². The van der Waals surface area contributed by atoms with Crippen LogP contribution in [0.5, 0.6) is 0 Å². The number of hydrogen-bond acceptors (Lipinski definition) is 3. The predicted molar refractivity (Wildman–Crippen MR) is 98.9 cm³/mol. The molecule has 0 unspecified atom stereocenters. The summed E-state index contributed by atoms with van der Waals surface area (Å²) in [4.78, 5) is 35.4. The van der Waals surface area contributed by atoms with Gasteiger partial charge in [0.1, 0.15) is 6.42 Å². The standard InChI is InChI=1S/C20H22N2O3/c1-13(2)17-6-4-5-7-18(17)22-20(25)12-19(24)21-16-10-8-15(9-11-16)14(3)23/h4-11,13H,12H2,1-3H3,(H,21,24)(H,22,25). The van der Waals surface area contributed by atoms with E-state index in [9.17, 15) is 14.4 Å². The van der Waals surface area contributed by atoms with Crippen molar-refractivity contribution in [3.05, 3.63) is 59.7 Å². The van der Waals surface area contributed by atoms with Crippen LogP contribution >= 0.6 is 0 Å². The molecule has 2 amide bonds. The van der Waals surface area contributed by atoms with Gasteiger partial charge in [0.25, 0.3) is 0 Å². The fraction of sp³-hybridized carbons (Fsp3) is 0.250. The number of hydrogen-bond donors (Lipinski definition) is 2. The summed E-state index contributed by atoms with van der Waals surface area (Å²) in [6, 6.07) is 14.1. The van der Waals surface area contributed by atoms with Gasteiger partial charge in [0.15, 0.2) is 5.78 Å². The molecule has 0 aliphatic carbocycles. The molecule has 2 N–H and O–H groups in total. The van der Waals surface area contributed by atoms with Crippen LogP contribution in [0.1, 0.15) is 49.0 Å². The number of benzene rings is 2. The number of amides is 2. The summed E-state index contributed by atoms with van der Waals surface area (Å²) in [5.74, 6) is -0.549. The second kappa shape index (κ2) is 8.24. The Morgan fingerprint density at radius 1 is 0.880 bits per heavy atom. The second-order valence-electron chi connectivity index (χ2n) is 6.15. The maximum atomic E-state index is 12.1. The first-order valence-electron chi connectivity index (χ1n) is 8.16. The third kappa shape index (κ3) is 5.28. The third-order valence-electron chi connectivity index (χ3n) is 3.75. The lowest BCUT2D eigenvalue weighted by Gasteiger charge is -2.13. The average molecular weight is 338 g/mol. The predicted octanol–water partition coefficient (Wildman–Crippen LogP) is 3.98. The van der Waals surface area contributed by atoms with Crippen molar-refractivity contribution in [2.75, 3.05) is 10.6 Å². The highest BCUT2D eigenvalue weighted by Gasteiger charge is 2.13. The van der Waals surface area contributed by atoms with Crippen molar-refractivity contribution in [1.82, 2.24) is 0 Å². The number of carbonyl (C=O) groups is 3. The van der Waals surface area contributed by atoms with Gasteiger partial charge in [0, 0.05) is 16.9 Å². The van der Waals surface area contributed by atoms with Crippen LogP contribution in [0.3, 0.4) is 0 Å². The van der Waals surface area contributed by atoms with Crippen LogP contribution in [-0.2, 0) is 9.59 Å². The topological polar surface area (TPSA) is 75.3 Å². The molecule has 0 aliphatic rings. The van der Waals surface area contributed by atoms with Crippen LogP contribution in [-0.4, -0.2) is 17.6 Å². The highest BCUT2D eigenvalue weighted by Crippen LogP contribution is 2.23. The molecule has 0 spiro atoms. The van der Waals surface area contributed by atoms with Gasteiger partial charge in [-0.25, -0.2) is 0 Å². The molecule has 0 radical (unpaired) electrons. The fourth-order valence-corrected chi connectivity index (χ4v) is 2.45. The molecule has 0 heterocycles. The number of anilines is 2. The molecule has 0 aliphatic heterocycles. The van der Waals surface area contributed by atoms with Crippen molar-refractivity contribution in [2.24, 2.45) is 0 Å². The Balaban J connectivity index is 1.94. The maximum Gasteiger partial charge on any atom is 0.233 e. The van der Waals surface area contributed by atoms with Crippen LogP contribution < -0.4 is 10.6 Å². The van der Waals surface area contributed by atoms with Crippen LogP contribution in [0.15, 0.2) is 48.5 Å². The summed E-state index contributed by atoms with van der Waals surface area (Å²) < 4.78 is 0. The first-order valence-corrected chi connectivity index (χ1v) is 8.16. The summed E-state index contributed by atoms with van der Waals surface area (Å²) >= 11 is 0. The Morgan fingerprint density at radius 3 is 2.08 bits per heavy atom. The zero-order valence-electron chi connectivity index (χ0n) is 14.6. The normalized spacial score (nSPS) is 10.4. The molecule has 2 aromatic carbocycles. The number of ketones is 1. The molecule has 25 heavy (non-hydrogen) atoms. The molecule has 0 saturated carbocycles. The van der Waals surface area contributed by atoms with Crippen LogP contribution in [0.25, 0.3) is 0 Å². The van der Waals surface area contributed by atoms with Gasteiger partial charge in [0.2, 0.25) is 11.8 Å². The van der Waals surface area contributed by atoms with Crippen molar-refractivity contribution in [3.63, 3.8) is 0 Å². The highest BCUT2D eigenvalue weighted by molar-refractivity contribution is 6.08. The molecule has 5 heteroatoms. The molecular formula is C20H22N2O3. The summed E-state index contributed by atoms with van der Waals surface area (Å²) in [6.45, 7) is 5.57. The molecule has 0 saturated heterocycles. The molecular weight excluding hydrogens is 316 g/mol. The molecule has 0 atom stereocenters. The van der Waals surface area contributed by atoms with E-state index in [0.29, 0.717) is 11.3 Å². The SMILES string of the molecule is CC(=O)c1ccc(NC(=O)CC(=O)Nc2ccccc2C(C)C)cc1. The smallest absolute Gasteiger partial charge is 0.233 e. The maximum absolute atomic E-state index is 12.1. The molecule has 0 aromatic heterocycles. The lowest BCUT2D eigenvalue weighted by Crippen LogP contribution is -2.22. The molecule has 0 bridgehead atoms. The van der Waals surface area contributed by atoms with Crippen LogP contribution in [0, 0.1) is 0 Å². The van der Waals surface area contributed by atoms with E-state index in [0.717, 1.165) is 11.3 Å². The van der Waals surface area contributed by atoms with Crippen molar-refractivity contribution >= 4 is 29.0 Å². The van der Waals surface area contributed by atoms with Gasteiger partial charge in [-0.15, -0.1) is 0 Å². The number of carbonyl (C=O) groups excluding carboxylic acids is 3. The molecule has 130 valence electrons. The van der Waals surface area contributed by atoms with E-state index in [1.54, 1.807) is 24.3 Å². The first-order chi connectivity index (χ1) is 11.9. The Morgan fingerprint density at radius 2 is 1.48 bits per heavy atom. The minimum Gasteiger partial charge on any atom is -0.326 e. The fourth-order valence-electron chi connectivity index (χ4n) is 2.45. The van der Waals surface area contributed by atoms with Gasteiger partial charge in [-0.2, -0.15) is 0 Å². The Hall–Kier alpha value is -2.95. The van der Waals surface area contributed by atoms with Gasteiger partial charge < -0.3 is 10.6 Å². The number of rotatable bonds is 6. The summed E-state index contributed by atoms with van der Waals surface area (Å²) in [5.41, 5.74) is 2.86. The Labute approximate surface area is 147 Å². The van der Waals surface area contributed by atoms with Gasteiger partial charge in [-0.05, 0) is 48.7 Å². The summed E-state index contributed by atoms with van der Waals surface area (Å²) in [5, 5.41) is 5.44. The largest absolute Gasteiger partial charge is 0.326 e. The van der Waals surface area contributed by atoms with E-state index in [1.807, 2.05) is 38.1 Å². The molecule has 2 aromatic rings. The monoisotopic (exact) mass is 338 g/mol. The van der Waals surface area contributed by atoms with Crippen molar-refractivity contribution < 1.29 is 14.4 Å². The van der Waals surface area contributed by atoms with Gasteiger partial charge in [0.05, 0.1) is 0 Å². The van der Waals surface area contributed by atoms with E-state index in [1.165, 1.54) is 6.92 Å². The van der Waals surface area contributed by atoms with E-state index in [4.69, 9.17) is 0 Å². The second-order valence-corrected chi connectivity index (χ2v) is 6.15. The molecule has 5 nitrogen and oxygen atoms in total. The van der Waals surface area contributed by atoms with Crippen LogP contribution in [0.4, 0.5) is 11.4 Å². The molecule has 2 rings (SSSR count). The number of para-hydroxylation sites is 1. The van der Waals surface area contributed by atoms with Gasteiger partial charge >= 0.3 is 0 Å². The van der Waals surface area contributed by atoms with Crippen molar-refractivity contribution in [1.29, 1.82) is 0 Å². The first kappa shape index (κ1) is 18.4. The number of nitrogens with one attached hydrogen (secondary N) is 2.